The van der Waals surface area contributed by atoms with Gasteiger partial charge in [0.1, 0.15) is 12.6 Å². The van der Waals surface area contributed by atoms with E-state index in [1.54, 1.807) is 6.92 Å². The van der Waals surface area contributed by atoms with Gasteiger partial charge >= 0.3 is 0 Å². The van der Waals surface area contributed by atoms with Crippen molar-refractivity contribution < 1.29 is 18.0 Å². The third-order valence-electron chi connectivity index (χ3n) is 4.54. The predicted octanol–water partition coefficient (Wildman–Crippen LogP) is 3.69. The Bertz CT molecular complexity index is 1060. The zero-order valence-corrected chi connectivity index (χ0v) is 21.0. The first kappa shape index (κ1) is 25.5. The number of rotatable bonds is 8. The molecule has 2 amide bonds. The van der Waals surface area contributed by atoms with E-state index >= 15 is 0 Å². The molecule has 2 rings (SSSR count). The fourth-order valence-corrected chi connectivity index (χ4v) is 4.40. The average molecular weight is 551 g/mol. The summed E-state index contributed by atoms with van der Waals surface area (Å²) in [6.07, 6.45) is 0.971. The van der Waals surface area contributed by atoms with E-state index < -0.39 is 28.5 Å². The van der Waals surface area contributed by atoms with Gasteiger partial charge in [0, 0.05) is 23.1 Å². The van der Waals surface area contributed by atoms with Crippen LogP contribution in [0.1, 0.15) is 12.5 Å². The summed E-state index contributed by atoms with van der Waals surface area (Å²) in [5.41, 5.74) is 0.861. The molecule has 11 heteroatoms. The molecule has 0 heterocycles. The molecule has 2 aromatic carbocycles. The molecule has 7 nitrogen and oxygen atoms in total. The van der Waals surface area contributed by atoms with Crippen LogP contribution in [0.2, 0.25) is 10.0 Å². The van der Waals surface area contributed by atoms with Crippen LogP contribution in [0.15, 0.2) is 46.9 Å². The van der Waals surface area contributed by atoms with Crippen molar-refractivity contribution in [2.24, 2.45) is 0 Å². The average Bonchev–Trinajstić information content (AvgIpc) is 2.71. The molecule has 0 fully saturated rings. The Morgan fingerprint density at radius 3 is 2.29 bits per heavy atom. The van der Waals surface area contributed by atoms with Gasteiger partial charge in [-0.2, -0.15) is 0 Å². The molecule has 0 aromatic heterocycles. The topological polar surface area (TPSA) is 86.8 Å². The Balaban J connectivity index is 2.42. The summed E-state index contributed by atoms with van der Waals surface area (Å²) in [5, 5.41) is 2.91. The van der Waals surface area contributed by atoms with Gasteiger partial charge in [-0.3, -0.25) is 13.9 Å². The number of hydrogen-bond donors (Lipinski definition) is 1. The Morgan fingerprint density at radius 2 is 1.74 bits per heavy atom. The van der Waals surface area contributed by atoms with Crippen molar-refractivity contribution in [3.63, 3.8) is 0 Å². The monoisotopic (exact) mass is 549 g/mol. The van der Waals surface area contributed by atoms with Crippen LogP contribution in [0, 0.1) is 0 Å². The first-order valence-corrected chi connectivity index (χ1v) is 12.5. The number of nitrogens with one attached hydrogen (secondary N) is 1. The molecule has 0 aliphatic rings. The number of nitrogens with zero attached hydrogens (tertiary/aromatic N) is 2. The lowest BCUT2D eigenvalue weighted by molar-refractivity contribution is -0.139. The van der Waals surface area contributed by atoms with Crippen molar-refractivity contribution in [2.75, 3.05) is 24.2 Å². The van der Waals surface area contributed by atoms with E-state index in [0.717, 1.165) is 20.6 Å². The summed E-state index contributed by atoms with van der Waals surface area (Å²) in [6, 6.07) is 10.8. The number of amides is 2. The summed E-state index contributed by atoms with van der Waals surface area (Å²) in [5.74, 6) is -0.947. The highest BCUT2D eigenvalue weighted by molar-refractivity contribution is 9.10. The van der Waals surface area contributed by atoms with Crippen LogP contribution in [0.3, 0.4) is 0 Å². The fraction of sp³-hybridized carbons (Fsp3) is 0.300. The molecule has 2 aromatic rings. The van der Waals surface area contributed by atoms with Crippen LogP contribution >= 0.6 is 39.1 Å². The Labute approximate surface area is 200 Å². The predicted molar refractivity (Wildman–Crippen MR) is 127 cm³/mol. The van der Waals surface area contributed by atoms with Gasteiger partial charge in [-0.05, 0) is 42.8 Å². The molecular formula is C20H22BrCl2N3O4S. The number of carbonyl (C=O) groups excluding carboxylic acids is 2. The number of benzene rings is 2. The molecule has 0 aliphatic carbocycles. The molecule has 0 bridgehead atoms. The van der Waals surface area contributed by atoms with Gasteiger partial charge in [-0.15, -0.1) is 0 Å². The van der Waals surface area contributed by atoms with Gasteiger partial charge in [0.25, 0.3) is 0 Å². The van der Waals surface area contributed by atoms with E-state index in [0.29, 0.717) is 0 Å². The molecule has 168 valence electrons. The van der Waals surface area contributed by atoms with Crippen LogP contribution in [-0.4, -0.2) is 51.0 Å². The van der Waals surface area contributed by atoms with E-state index in [4.69, 9.17) is 23.2 Å². The lowest BCUT2D eigenvalue weighted by Gasteiger charge is -2.31. The van der Waals surface area contributed by atoms with E-state index in [1.807, 2.05) is 24.3 Å². The molecule has 0 spiro atoms. The molecule has 0 saturated heterocycles. The van der Waals surface area contributed by atoms with Gasteiger partial charge in [0.15, 0.2) is 0 Å². The largest absolute Gasteiger partial charge is 0.357 e. The molecule has 1 unspecified atom stereocenters. The SMILES string of the molecule is CNC(=O)C(C)N(Cc1ccc(Br)cc1)C(=O)CN(c1cc(Cl)ccc1Cl)S(C)(=O)=O. The zero-order valence-electron chi connectivity index (χ0n) is 17.1. The smallest absolute Gasteiger partial charge is 0.244 e. The Morgan fingerprint density at radius 1 is 1.13 bits per heavy atom. The summed E-state index contributed by atoms with van der Waals surface area (Å²) in [7, 11) is -2.41. The first-order valence-electron chi connectivity index (χ1n) is 9.12. The maximum absolute atomic E-state index is 13.3. The van der Waals surface area contributed by atoms with Gasteiger partial charge in [0.2, 0.25) is 21.8 Å². The number of sulfonamides is 1. The van der Waals surface area contributed by atoms with Crippen molar-refractivity contribution in [1.82, 2.24) is 10.2 Å². The Hall–Kier alpha value is -1.81. The molecule has 0 aliphatic heterocycles. The van der Waals surface area contributed by atoms with Gasteiger partial charge in [-0.25, -0.2) is 8.42 Å². The van der Waals surface area contributed by atoms with E-state index in [-0.39, 0.29) is 28.2 Å². The summed E-state index contributed by atoms with van der Waals surface area (Å²) in [6.45, 7) is 1.14. The molecule has 1 atom stereocenters. The van der Waals surface area contributed by atoms with Crippen LogP contribution in [0.5, 0.6) is 0 Å². The highest BCUT2D eigenvalue weighted by Gasteiger charge is 2.30. The normalized spacial score (nSPS) is 12.2. The highest BCUT2D eigenvalue weighted by Crippen LogP contribution is 2.31. The molecular weight excluding hydrogens is 529 g/mol. The van der Waals surface area contributed by atoms with E-state index in [1.165, 1.54) is 30.1 Å². The van der Waals surface area contributed by atoms with Crippen molar-refractivity contribution in [1.29, 1.82) is 0 Å². The standard InChI is InChI=1S/C20H22BrCl2N3O4S/c1-13(20(28)24-2)25(11-14-4-6-15(21)7-5-14)19(27)12-26(31(3,29)30)18-10-16(22)8-9-17(18)23/h4-10,13H,11-12H2,1-3H3,(H,24,28). The third kappa shape index (κ3) is 6.83. The summed E-state index contributed by atoms with van der Waals surface area (Å²) in [4.78, 5) is 26.8. The van der Waals surface area contributed by atoms with Gasteiger partial charge < -0.3 is 10.2 Å². The molecule has 0 saturated carbocycles. The van der Waals surface area contributed by atoms with Crippen molar-refractivity contribution in [3.05, 3.63) is 62.5 Å². The van der Waals surface area contributed by atoms with Crippen molar-refractivity contribution in [3.8, 4) is 0 Å². The lowest BCUT2D eigenvalue weighted by atomic mass is 10.1. The Kier molecular flexibility index (Phi) is 8.76. The number of likely N-dealkylation sites (N-methyl/N-ethyl adjacent to an activating group) is 1. The fourth-order valence-electron chi connectivity index (χ4n) is 2.85. The second-order valence-electron chi connectivity index (χ2n) is 6.80. The quantitative estimate of drug-likeness (QED) is 0.543. The molecule has 31 heavy (non-hydrogen) atoms. The summed E-state index contributed by atoms with van der Waals surface area (Å²) < 4.78 is 26.7. The minimum absolute atomic E-state index is 0.0844. The highest BCUT2D eigenvalue weighted by atomic mass is 79.9. The second kappa shape index (κ2) is 10.7. The van der Waals surface area contributed by atoms with Crippen molar-refractivity contribution >= 4 is 66.7 Å². The number of halogens is 3. The lowest BCUT2D eigenvalue weighted by Crippen LogP contribution is -2.50. The minimum Gasteiger partial charge on any atom is -0.357 e. The van der Waals surface area contributed by atoms with Crippen LogP contribution in [0.4, 0.5) is 5.69 Å². The first-order chi connectivity index (χ1) is 14.4. The van der Waals surface area contributed by atoms with Crippen LogP contribution < -0.4 is 9.62 Å². The second-order valence-corrected chi connectivity index (χ2v) is 10.5. The molecule has 1 N–H and O–H groups in total. The number of carbonyl (C=O) groups is 2. The summed E-state index contributed by atoms with van der Waals surface area (Å²) >= 11 is 15.5. The number of hydrogen-bond acceptors (Lipinski definition) is 4. The number of anilines is 1. The van der Waals surface area contributed by atoms with Crippen molar-refractivity contribution in [2.45, 2.75) is 19.5 Å². The minimum atomic E-state index is -3.88. The van der Waals surface area contributed by atoms with Gasteiger partial charge in [-0.1, -0.05) is 51.3 Å². The van der Waals surface area contributed by atoms with Gasteiger partial charge in [0.05, 0.1) is 17.0 Å². The van der Waals surface area contributed by atoms with Crippen LogP contribution in [-0.2, 0) is 26.2 Å². The zero-order chi connectivity index (χ0) is 23.3. The van der Waals surface area contributed by atoms with E-state index in [9.17, 15) is 18.0 Å². The maximum Gasteiger partial charge on any atom is 0.244 e. The van der Waals surface area contributed by atoms with Crippen LogP contribution in [0.25, 0.3) is 0 Å². The maximum atomic E-state index is 13.3. The molecule has 0 radical (unpaired) electrons. The third-order valence-corrected chi connectivity index (χ3v) is 6.75. The van der Waals surface area contributed by atoms with E-state index in [2.05, 4.69) is 21.2 Å².